The zero-order chi connectivity index (χ0) is 15.7. The number of nitrogens with two attached hydrogens (primary N) is 1. The minimum atomic E-state index is 0.424. The molecule has 0 amide bonds. The Labute approximate surface area is 136 Å². The molecule has 3 atom stereocenters. The largest absolute Gasteiger partial charge is 0.327 e. The lowest BCUT2D eigenvalue weighted by Crippen LogP contribution is -2.45. The van der Waals surface area contributed by atoms with Crippen LogP contribution in [0.3, 0.4) is 0 Å². The van der Waals surface area contributed by atoms with E-state index in [9.17, 15) is 0 Å². The molecule has 1 saturated carbocycles. The van der Waals surface area contributed by atoms with Crippen LogP contribution in [0.2, 0.25) is 0 Å². The van der Waals surface area contributed by atoms with Gasteiger partial charge in [0.1, 0.15) is 0 Å². The molecule has 0 radical (unpaired) electrons. The smallest absolute Gasteiger partial charge is 0.0116 e. The van der Waals surface area contributed by atoms with E-state index in [2.05, 4.69) is 51.3 Å². The van der Waals surface area contributed by atoms with Crippen LogP contribution in [0.5, 0.6) is 0 Å². The summed E-state index contributed by atoms with van der Waals surface area (Å²) in [6, 6.07) is 0.424. The second-order valence-electron chi connectivity index (χ2n) is 8.96. The van der Waals surface area contributed by atoms with Gasteiger partial charge in [0.25, 0.3) is 0 Å². The van der Waals surface area contributed by atoms with Crippen molar-refractivity contribution in [3.05, 3.63) is 0 Å². The van der Waals surface area contributed by atoms with Crippen LogP contribution >= 0.6 is 11.8 Å². The summed E-state index contributed by atoms with van der Waals surface area (Å²) in [6.45, 7) is 15.7. The molecule has 3 heteroatoms. The highest BCUT2D eigenvalue weighted by atomic mass is 32.2. The van der Waals surface area contributed by atoms with Gasteiger partial charge >= 0.3 is 0 Å². The van der Waals surface area contributed by atoms with E-state index in [4.69, 9.17) is 5.73 Å². The molecular formula is C18H36N2S. The van der Waals surface area contributed by atoms with Gasteiger partial charge in [0.05, 0.1) is 0 Å². The Kier molecular flexibility index (Phi) is 5.71. The van der Waals surface area contributed by atoms with Crippen LogP contribution in [0, 0.1) is 17.3 Å². The van der Waals surface area contributed by atoms with Crippen molar-refractivity contribution in [3.63, 3.8) is 0 Å². The Hall–Kier alpha value is 0.270. The minimum Gasteiger partial charge on any atom is -0.327 e. The van der Waals surface area contributed by atoms with Gasteiger partial charge in [-0.1, -0.05) is 34.6 Å². The second-order valence-corrected chi connectivity index (χ2v) is 10.8. The Morgan fingerprint density at radius 3 is 2.57 bits per heavy atom. The van der Waals surface area contributed by atoms with Crippen LogP contribution in [0.15, 0.2) is 0 Å². The summed E-state index contributed by atoms with van der Waals surface area (Å²) in [5.74, 6) is 2.83. The van der Waals surface area contributed by atoms with Gasteiger partial charge in [-0.3, -0.25) is 0 Å². The van der Waals surface area contributed by atoms with Gasteiger partial charge in [-0.15, -0.1) is 0 Å². The van der Waals surface area contributed by atoms with E-state index < -0.39 is 0 Å². The standard InChI is InChI=1S/C18H36N2S/c1-17(2,3)15-6-7-16(19)14(12-15)13-20-9-8-18(4,5)21-11-10-20/h14-16H,6-13,19H2,1-5H3. The third kappa shape index (κ3) is 5.14. The van der Waals surface area contributed by atoms with Crippen molar-refractivity contribution in [2.24, 2.45) is 23.0 Å². The van der Waals surface area contributed by atoms with E-state index in [0.717, 1.165) is 5.92 Å². The van der Waals surface area contributed by atoms with Gasteiger partial charge in [0.15, 0.2) is 0 Å². The molecule has 0 bridgehead atoms. The number of hydrogen-bond acceptors (Lipinski definition) is 3. The quantitative estimate of drug-likeness (QED) is 0.836. The van der Waals surface area contributed by atoms with E-state index in [1.54, 1.807) is 0 Å². The zero-order valence-corrected chi connectivity index (χ0v) is 15.6. The van der Waals surface area contributed by atoms with E-state index in [1.165, 1.54) is 51.1 Å². The normalized spacial score (nSPS) is 35.4. The number of nitrogens with zero attached hydrogens (tertiary/aromatic N) is 1. The van der Waals surface area contributed by atoms with Gasteiger partial charge < -0.3 is 10.6 Å². The SMILES string of the molecule is CC1(C)CCN(CC2CC(C(C)(C)C)CCC2N)CCS1. The number of thioether (sulfide) groups is 1. The van der Waals surface area contributed by atoms with E-state index in [0.29, 0.717) is 22.1 Å². The molecule has 0 aromatic rings. The highest BCUT2D eigenvalue weighted by Gasteiger charge is 2.35. The number of hydrogen-bond donors (Lipinski definition) is 1. The van der Waals surface area contributed by atoms with Crippen molar-refractivity contribution in [1.29, 1.82) is 0 Å². The van der Waals surface area contributed by atoms with Gasteiger partial charge in [0, 0.05) is 29.6 Å². The Morgan fingerprint density at radius 1 is 1.19 bits per heavy atom. The fourth-order valence-corrected chi connectivity index (χ4v) is 5.00. The van der Waals surface area contributed by atoms with Crippen LogP contribution < -0.4 is 5.73 Å². The zero-order valence-electron chi connectivity index (χ0n) is 14.8. The molecule has 124 valence electrons. The Balaban J connectivity index is 1.91. The van der Waals surface area contributed by atoms with Gasteiger partial charge in [-0.2, -0.15) is 11.8 Å². The summed E-state index contributed by atoms with van der Waals surface area (Å²) in [4.78, 5) is 2.69. The first-order valence-corrected chi connectivity index (χ1v) is 9.78. The molecule has 1 aliphatic heterocycles. The van der Waals surface area contributed by atoms with Crippen LogP contribution in [0.4, 0.5) is 0 Å². The molecule has 1 aliphatic carbocycles. The van der Waals surface area contributed by atoms with E-state index >= 15 is 0 Å². The molecule has 1 saturated heterocycles. The minimum absolute atomic E-state index is 0.424. The first kappa shape index (κ1) is 17.6. The third-order valence-electron chi connectivity index (χ3n) is 5.69. The third-order valence-corrected chi connectivity index (χ3v) is 7.06. The van der Waals surface area contributed by atoms with Crippen molar-refractivity contribution in [1.82, 2.24) is 4.90 Å². The molecule has 0 aromatic carbocycles. The topological polar surface area (TPSA) is 29.3 Å². The molecule has 2 nitrogen and oxygen atoms in total. The molecule has 2 aliphatic rings. The Morgan fingerprint density at radius 2 is 1.90 bits per heavy atom. The highest BCUT2D eigenvalue weighted by molar-refractivity contribution is 8.00. The highest BCUT2D eigenvalue weighted by Crippen LogP contribution is 2.40. The summed E-state index contributed by atoms with van der Waals surface area (Å²) in [5.41, 5.74) is 6.90. The Bertz CT molecular complexity index is 335. The monoisotopic (exact) mass is 312 g/mol. The maximum Gasteiger partial charge on any atom is 0.0116 e. The van der Waals surface area contributed by atoms with Crippen molar-refractivity contribution < 1.29 is 0 Å². The molecule has 2 fully saturated rings. The van der Waals surface area contributed by atoms with Gasteiger partial charge in [-0.05, 0) is 49.5 Å². The van der Waals surface area contributed by atoms with Crippen LogP contribution in [-0.4, -0.2) is 41.1 Å². The fourth-order valence-electron chi connectivity index (χ4n) is 3.86. The fraction of sp³-hybridized carbons (Fsp3) is 1.00. The average Bonchev–Trinajstić information content (AvgIpc) is 2.52. The molecule has 0 spiro atoms. The summed E-state index contributed by atoms with van der Waals surface area (Å²) >= 11 is 2.14. The number of rotatable bonds is 2. The van der Waals surface area contributed by atoms with Crippen LogP contribution in [-0.2, 0) is 0 Å². The second kappa shape index (κ2) is 6.80. The van der Waals surface area contributed by atoms with Crippen molar-refractivity contribution in [3.8, 4) is 0 Å². The van der Waals surface area contributed by atoms with Crippen molar-refractivity contribution in [2.45, 2.75) is 71.1 Å². The summed E-state index contributed by atoms with van der Waals surface area (Å²) < 4.78 is 0.456. The molecule has 2 rings (SSSR count). The lowest BCUT2D eigenvalue weighted by atomic mass is 9.67. The first-order chi connectivity index (χ1) is 9.67. The molecule has 0 aromatic heterocycles. The maximum absolute atomic E-state index is 6.46. The predicted octanol–water partition coefficient (Wildman–Crippen LogP) is 3.99. The molecule has 2 N–H and O–H groups in total. The van der Waals surface area contributed by atoms with Crippen molar-refractivity contribution >= 4 is 11.8 Å². The predicted molar refractivity (Wildman–Crippen MR) is 95.9 cm³/mol. The van der Waals surface area contributed by atoms with Crippen LogP contribution in [0.1, 0.15) is 60.3 Å². The molecule has 3 unspecified atom stereocenters. The van der Waals surface area contributed by atoms with Crippen molar-refractivity contribution in [2.75, 3.05) is 25.4 Å². The average molecular weight is 313 g/mol. The van der Waals surface area contributed by atoms with E-state index in [1.807, 2.05) is 0 Å². The van der Waals surface area contributed by atoms with E-state index in [-0.39, 0.29) is 0 Å². The first-order valence-electron chi connectivity index (χ1n) is 8.79. The summed E-state index contributed by atoms with van der Waals surface area (Å²) in [5, 5.41) is 0. The summed E-state index contributed by atoms with van der Waals surface area (Å²) in [7, 11) is 0. The van der Waals surface area contributed by atoms with Gasteiger partial charge in [-0.25, -0.2) is 0 Å². The molecule has 1 heterocycles. The summed E-state index contributed by atoms with van der Waals surface area (Å²) in [6.07, 6.45) is 5.19. The molecule has 21 heavy (non-hydrogen) atoms. The lowest BCUT2D eigenvalue weighted by molar-refractivity contribution is 0.100. The van der Waals surface area contributed by atoms with Crippen LogP contribution in [0.25, 0.3) is 0 Å². The maximum atomic E-state index is 6.46. The lowest BCUT2D eigenvalue weighted by Gasteiger charge is -2.42. The van der Waals surface area contributed by atoms with Gasteiger partial charge in [0.2, 0.25) is 0 Å². The molecular weight excluding hydrogens is 276 g/mol.